The molecule has 0 radical (unpaired) electrons. The predicted octanol–water partition coefficient (Wildman–Crippen LogP) is 3.36. The zero-order valence-electron chi connectivity index (χ0n) is 16.8. The fourth-order valence-corrected chi connectivity index (χ4v) is 3.72. The molecule has 1 amide bonds. The zero-order chi connectivity index (χ0) is 20.4. The first kappa shape index (κ1) is 19.1. The molecule has 7 heteroatoms. The van der Waals surface area contributed by atoms with Crippen LogP contribution in [-0.4, -0.2) is 47.7 Å². The SMILES string of the molecule is COCc1nnc(-c2cccc(C(=O)N3Cc4ccccc4N(C)CC3C)c2)o1. The molecular weight excluding hydrogens is 368 g/mol. The Bertz CT molecular complexity index is 1020. The summed E-state index contributed by atoms with van der Waals surface area (Å²) in [5, 5.41) is 8.02. The van der Waals surface area contributed by atoms with Gasteiger partial charge in [0.2, 0.25) is 11.8 Å². The van der Waals surface area contributed by atoms with Crippen LogP contribution >= 0.6 is 0 Å². The van der Waals surface area contributed by atoms with Crippen LogP contribution in [0, 0.1) is 0 Å². The molecule has 0 bridgehead atoms. The van der Waals surface area contributed by atoms with E-state index in [1.54, 1.807) is 13.2 Å². The largest absolute Gasteiger partial charge is 0.418 e. The molecule has 0 saturated heterocycles. The molecule has 0 saturated carbocycles. The first-order valence-corrected chi connectivity index (χ1v) is 9.58. The highest BCUT2D eigenvalue weighted by Gasteiger charge is 2.27. The van der Waals surface area contributed by atoms with Gasteiger partial charge in [-0.25, -0.2) is 0 Å². The number of fused-ring (bicyclic) bond motifs is 1. The lowest BCUT2D eigenvalue weighted by Gasteiger charge is -2.28. The van der Waals surface area contributed by atoms with Gasteiger partial charge in [0.1, 0.15) is 6.61 Å². The summed E-state index contributed by atoms with van der Waals surface area (Å²) in [6.45, 7) is 3.68. The summed E-state index contributed by atoms with van der Waals surface area (Å²) in [6.07, 6.45) is 0. The van der Waals surface area contributed by atoms with Gasteiger partial charge in [-0.05, 0) is 36.8 Å². The van der Waals surface area contributed by atoms with Crippen molar-refractivity contribution in [1.29, 1.82) is 0 Å². The number of ether oxygens (including phenoxy) is 1. The number of carbonyl (C=O) groups is 1. The average Bonchev–Trinajstić information content (AvgIpc) is 3.16. The van der Waals surface area contributed by atoms with E-state index in [4.69, 9.17) is 9.15 Å². The van der Waals surface area contributed by atoms with Crippen molar-refractivity contribution < 1.29 is 13.9 Å². The molecule has 0 N–H and O–H groups in total. The monoisotopic (exact) mass is 392 g/mol. The van der Waals surface area contributed by atoms with Crippen LogP contribution < -0.4 is 4.90 Å². The van der Waals surface area contributed by atoms with Crippen LogP contribution in [0.15, 0.2) is 52.9 Å². The molecule has 4 rings (SSSR count). The lowest BCUT2D eigenvalue weighted by molar-refractivity contribution is 0.0687. The molecule has 29 heavy (non-hydrogen) atoms. The summed E-state index contributed by atoms with van der Waals surface area (Å²) >= 11 is 0. The van der Waals surface area contributed by atoms with Crippen LogP contribution in [-0.2, 0) is 17.9 Å². The molecule has 0 aliphatic carbocycles. The Morgan fingerprint density at radius 1 is 1.21 bits per heavy atom. The van der Waals surface area contributed by atoms with Crippen molar-refractivity contribution in [3.05, 3.63) is 65.5 Å². The summed E-state index contributed by atoms with van der Waals surface area (Å²) in [5.41, 5.74) is 3.62. The molecule has 1 aromatic heterocycles. The van der Waals surface area contributed by atoms with Gasteiger partial charge < -0.3 is 19.0 Å². The van der Waals surface area contributed by atoms with Crippen LogP contribution in [0.5, 0.6) is 0 Å². The van der Waals surface area contributed by atoms with Gasteiger partial charge in [0, 0.05) is 50.1 Å². The van der Waals surface area contributed by atoms with Gasteiger partial charge in [-0.3, -0.25) is 4.79 Å². The van der Waals surface area contributed by atoms with Gasteiger partial charge in [-0.1, -0.05) is 24.3 Å². The number of aromatic nitrogens is 2. The molecular formula is C22H24N4O3. The van der Waals surface area contributed by atoms with Crippen molar-refractivity contribution in [2.45, 2.75) is 26.1 Å². The zero-order valence-corrected chi connectivity index (χ0v) is 16.8. The number of hydrogen-bond acceptors (Lipinski definition) is 6. The number of likely N-dealkylation sites (N-methyl/N-ethyl adjacent to an activating group) is 1. The van der Waals surface area contributed by atoms with Crippen molar-refractivity contribution >= 4 is 11.6 Å². The van der Waals surface area contributed by atoms with Crippen LogP contribution in [0.3, 0.4) is 0 Å². The van der Waals surface area contributed by atoms with E-state index in [1.807, 2.05) is 35.2 Å². The Kier molecular flexibility index (Phi) is 5.31. The number of hydrogen-bond donors (Lipinski definition) is 0. The Morgan fingerprint density at radius 3 is 2.86 bits per heavy atom. The number of anilines is 1. The van der Waals surface area contributed by atoms with Gasteiger partial charge in [0.05, 0.1) is 0 Å². The Balaban J connectivity index is 1.62. The highest BCUT2D eigenvalue weighted by atomic mass is 16.5. The van der Waals surface area contributed by atoms with E-state index in [2.05, 4.69) is 41.2 Å². The molecule has 1 unspecified atom stereocenters. The summed E-state index contributed by atoms with van der Waals surface area (Å²) in [6, 6.07) is 15.6. The lowest BCUT2D eigenvalue weighted by Crippen LogP contribution is -2.41. The third-order valence-corrected chi connectivity index (χ3v) is 5.17. The molecule has 0 spiro atoms. The highest BCUT2D eigenvalue weighted by molar-refractivity contribution is 5.95. The lowest BCUT2D eigenvalue weighted by atomic mass is 10.1. The Labute approximate surface area is 169 Å². The third kappa shape index (κ3) is 3.86. The van der Waals surface area contributed by atoms with E-state index in [0.717, 1.165) is 12.1 Å². The molecule has 1 atom stereocenters. The first-order chi connectivity index (χ1) is 14.1. The fourth-order valence-electron chi connectivity index (χ4n) is 3.72. The van der Waals surface area contributed by atoms with Crippen molar-refractivity contribution in [3.8, 4) is 11.5 Å². The second kappa shape index (κ2) is 8.05. The predicted molar refractivity (Wildman–Crippen MR) is 109 cm³/mol. The Hall–Kier alpha value is -3.19. The number of rotatable bonds is 4. The van der Waals surface area contributed by atoms with E-state index in [9.17, 15) is 4.79 Å². The van der Waals surface area contributed by atoms with E-state index in [0.29, 0.717) is 29.5 Å². The quantitative estimate of drug-likeness (QED) is 0.678. The molecule has 1 aliphatic heterocycles. The van der Waals surface area contributed by atoms with Gasteiger partial charge in [0.15, 0.2) is 0 Å². The second-order valence-corrected chi connectivity index (χ2v) is 7.31. The number of amides is 1. The van der Waals surface area contributed by atoms with Crippen LogP contribution in [0.1, 0.15) is 28.7 Å². The molecule has 0 fully saturated rings. The number of carbonyl (C=O) groups excluding carboxylic acids is 1. The standard InChI is InChI=1S/C22H24N4O3/c1-15-12-25(2)19-10-5-4-7-18(19)13-26(15)22(27)17-9-6-8-16(11-17)21-24-23-20(29-21)14-28-3/h4-11,15H,12-14H2,1-3H3. The van der Waals surface area contributed by atoms with Crippen molar-refractivity contribution in [3.63, 3.8) is 0 Å². The van der Waals surface area contributed by atoms with Crippen LogP contribution in [0.2, 0.25) is 0 Å². The Morgan fingerprint density at radius 2 is 2.03 bits per heavy atom. The van der Waals surface area contributed by atoms with Gasteiger partial charge >= 0.3 is 0 Å². The number of para-hydroxylation sites is 1. The number of nitrogens with zero attached hydrogens (tertiary/aromatic N) is 4. The van der Waals surface area contributed by atoms with Crippen LogP contribution in [0.25, 0.3) is 11.5 Å². The first-order valence-electron chi connectivity index (χ1n) is 9.58. The van der Waals surface area contributed by atoms with Crippen molar-refractivity contribution in [2.24, 2.45) is 0 Å². The normalized spacial score (nSPS) is 16.4. The molecule has 2 aromatic carbocycles. The maximum Gasteiger partial charge on any atom is 0.254 e. The van der Waals surface area contributed by atoms with Gasteiger partial charge in [0.25, 0.3) is 5.91 Å². The van der Waals surface area contributed by atoms with E-state index < -0.39 is 0 Å². The summed E-state index contributed by atoms with van der Waals surface area (Å²) in [5.74, 6) is 0.766. The molecule has 2 heterocycles. The van der Waals surface area contributed by atoms with E-state index in [-0.39, 0.29) is 18.6 Å². The fraction of sp³-hybridized carbons (Fsp3) is 0.318. The second-order valence-electron chi connectivity index (χ2n) is 7.31. The minimum Gasteiger partial charge on any atom is -0.418 e. The minimum atomic E-state index is -0.0129. The van der Waals surface area contributed by atoms with Crippen molar-refractivity contribution in [2.75, 3.05) is 25.6 Å². The number of benzene rings is 2. The number of methoxy groups -OCH3 is 1. The molecule has 150 valence electrons. The minimum absolute atomic E-state index is 0.0129. The van der Waals surface area contributed by atoms with Gasteiger partial charge in [-0.2, -0.15) is 0 Å². The van der Waals surface area contributed by atoms with Crippen LogP contribution in [0.4, 0.5) is 5.69 Å². The molecule has 1 aliphatic rings. The highest BCUT2D eigenvalue weighted by Crippen LogP contribution is 2.28. The third-order valence-electron chi connectivity index (χ3n) is 5.17. The summed E-state index contributed by atoms with van der Waals surface area (Å²) < 4.78 is 10.6. The van der Waals surface area contributed by atoms with E-state index >= 15 is 0 Å². The average molecular weight is 392 g/mol. The maximum absolute atomic E-state index is 13.4. The summed E-state index contributed by atoms with van der Waals surface area (Å²) in [4.78, 5) is 17.5. The maximum atomic E-state index is 13.4. The smallest absolute Gasteiger partial charge is 0.254 e. The topological polar surface area (TPSA) is 71.7 Å². The summed E-state index contributed by atoms with van der Waals surface area (Å²) in [7, 11) is 3.64. The molecule has 3 aromatic rings. The van der Waals surface area contributed by atoms with Crippen molar-refractivity contribution in [1.82, 2.24) is 15.1 Å². The molecule has 7 nitrogen and oxygen atoms in total. The van der Waals surface area contributed by atoms with Gasteiger partial charge in [-0.15, -0.1) is 10.2 Å². The van der Waals surface area contributed by atoms with E-state index in [1.165, 1.54) is 5.69 Å².